The maximum Gasteiger partial charge on any atom is 0.143 e. The third-order valence-corrected chi connectivity index (χ3v) is 4.34. The number of thioether (sulfide) groups is 1. The van der Waals surface area contributed by atoms with Gasteiger partial charge in [0.05, 0.1) is 8.95 Å². The van der Waals surface area contributed by atoms with Crippen LogP contribution in [-0.2, 0) is 6.54 Å². The van der Waals surface area contributed by atoms with E-state index in [1.807, 2.05) is 23.9 Å². The highest BCUT2D eigenvalue weighted by molar-refractivity contribution is 9.11. The van der Waals surface area contributed by atoms with Gasteiger partial charge < -0.3 is 10.4 Å². The highest BCUT2D eigenvalue weighted by Crippen LogP contribution is 2.33. The van der Waals surface area contributed by atoms with Crippen LogP contribution < -0.4 is 5.32 Å². The van der Waals surface area contributed by atoms with Crippen LogP contribution in [0.1, 0.15) is 18.9 Å². The van der Waals surface area contributed by atoms with Gasteiger partial charge in [0.25, 0.3) is 0 Å². The molecule has 0 saturated carbocycles. The normalized spacial score (nSPS) is 12.7. The van der Waals surface area contributed by atoms with Gasteiger partial charge in [-0.25, -0.2) is 0 Å². The summed E-state index contributed by atoms with van der Waals surface area (Å²) in [6.45, 7) is 3.01. The van der Waals surface area contributed by atoms with Gasteiger partial charge in [0, 0.05) is 12.6 Å². The van der Waals surface area contributed by atoms with E-state index in [0.717, 1.165) is 21.1 Å². The molecule has 0 aliphatic carbocycles. The molecule has 1 atom stereocenters. The van der Waals surface area contributed by atoms with E-state index in [1.165, 1.54) is 12.2 Å². The molecule has 0 radical (unpaired) electrons. The van der Waals surface area contributed by atoms with Crippen molar-refractivity contribution in [2.45, 2.75) is 25.9 Å². The Labute approximate surface area is 124 Å². The monoisotopic (exact) mass is 381 g/mol. The Morgan fingerprint density at radius 1 is 1.35 bits per heavy atom. The molecule has 0 aliphatic rings. The molecule has 17 heavy (non-hydrogen) atoms. The highest BCUT2D eigenvalue weighted by Gasteiger charge is 2.07. The van der Waals surface area contributed by atoms with Gasteiger partial charge in [-0.2, -0.15) is 11.8 Å². The molecule has 0 amide bonds. The number of rotatable bonds is 6. The third kappa shape index (κ3) is 5.20. The Morgan fingerprint density at radius 3 is 2.47 bits per heavy atom. The highest BCUT2D eigenvalue weighted by atomic mass is 79.9. The summed E-state index contributed by atoms with van der Waals surface area (Å²) in [4.78, 5) is 0. The predicted molar refractivity (Wildman–Crippen MR) is 82.8 cm³/mol. The third-order valence-electron chi connectivity index (χ3n) is 2.49. The van der Waals surface area contributed by atoms with Crippen molar-refractivity contribution in [3.05, 3.63) is 26.6 Å². The Kier molecular flexibility index (Phi) is 6.92. The molecule has 2 nitrogen and oxygen atoms in total. The number of hydrogen-bond donors (Lipinski definition) is 2. The van der Waals surface area contributed by atoms with E-state index in [2.05, 4.69) is 50.4 Å². The Morgan fingerprint density at radius 2 is 1.94 bits per heavy atom. The summed E-state index contributed by atoms with van der Waals surface area (Å²) >= 11 is 8.54. The average molecular weight is 383 g/mol. The number of phenolic OH excluding ortho intramolecular Hbond substituents is 1. The second-order valence-electron chi connectivity index (χ2n) is 3.97. The summed E-state index contributed by atoms with van der Waals surface area (Å²) in [6.07, 6.45) is 3.29. The van der Waals surface area contributed by atoms with Crippen LogP contribution in [0.2, 0.25) is 0 Å². The molecule has 0 aromatic heterocycles. The van der Waals surface area contributed by atoms with Gasteiger partial charge in [-0.1, -0.05) is 0 Å². The molecule has 1 rings (SSSR count). The van der Waals surface area contributed by atoms with Crippen molar-refractivity contribution >= 4 is 43.6 Å². The van der Waals surface area contributed by atoms with Crippen LogP contribution in [0.15, 0.2) is 21.1 Å². The van der Waals surface area contributed by atoms with Crippen molar-refractivity contribution in [3.63, 3.8) is 0 Å². The van der Waals surface area contributed by atoms with Gasteiger partial charge in [0.2, 0.25) is 0 Å². The quantitative estimate of drug-likeness (QED) is 0.775. The van der Waals surface area contributed by atoms with E-state index in [4.69, 9.17) is 0 Å². The van der Waals surface area contributed by atoms with Crippen molar-refractivity contribution in [2.75, 3.05) is 12.0 Å². The molecular formula is C12H17Br2NOS. The zero-order valence-corrected chi connectivity index (χ0v) is 14.0. The maximum atomic E-state index is 9.61. The minimum absolute atomic E-state index is 0.254. The smallest absolute Gasteiger partial charge is 0.143 e. The summed E-state index contributed by atoms with van der Waals surface area (Å²) < 4.78 is 1.45. The van der Waals surface area contributed by atoms with Gasteiger partial charge in [-0.3, -0.25) is 0 Å². The summed E-state index contributed by atoms with van der Waals surface area (Å²) in [6, 6.07) is 4.39. The fraction of sp³-hybridized carbons (Fsp3) is 0.500. The van der Waals surface area contributed by atoms with Gasteiger partial charge in [0.15, 0.2) is 0 Å². The van der Waals surface area contributed by atoms with Crippen LogP contribution in [0.3, 0.4) is 0 Å². The van der Waals surface area contributed by atoms with E-state index in [-0.39, 0.29) is 5.75 Å². The topological polar surface area (TPSA) is 32.3 Å². The van der Waals surface area contributed by atoms with Crippen molar-refractivity contribution in [1.82, 2.24) is 5.32 Å². The zero-order chi connectivity index (χ0) is 12.8. The molecule has 0 fully saturated rings. The molecule has 1 aromatic rings. The first-order chi connectivity index (χ1) is 8.04. The Balaban J connectivity index is 2.52. The van der Waals surface area contributed by atoms with Gasteiger partial charge >= 0.3 is 0 Å². The van der Waals surface area contributed by atoms with Crippen molar-refractivity contribution in [3.8, 4) is 5.75 Å². The average Bonchev–Trinajstić information content (AvgIpc) is 2.30. The Hall–Kier alpha value is 0.290. The molecule has 2 N–H and O–H groups in total. The van der Waals surface area contributed by atoms with E-state index in [0.29, 0.717) is 6.04 Å². The van der Waals surface area contributed by atoms with E-state index in [1.54, 1.807) is 0 Å². The molecule has 0 aliphatic heterocycles. The molecule has 0 saturated heterocycles. The molecule has 0 bridgehead atoms. The van der Waals surface area contributed by atoms with Crippen LogP contribution in [0.25, 0.3) is 0 Å². The van der Waals surface area contributed by atoms with E-state index >= 15 is 0 Å². The summed E-state index contributed by atoms with van der Waals surface area (Å²) in [5.41, 5.74) is 1.15. The number of halogens is 2. The minimum atomic E-state index is 0.254. The van der Waals surface area contributed by atoms with Crippen LogP contribution in [0.5, 0.6) is 5.75 Å². The number of phenols is 1. The SMILES string of the molecule is CSCCC(C)NCc1cc(Br)c(O)c(Br)c1. The first-order valence-corrected chi connectivity index (χ1v) is 8.41. The largest absolute Gasteiger partial charge is 0.506 e. The van der Waals surface area contributed by atoms with Crippen LogP contribution in [-0.4, -0.2) is 23.2 Å². The summed E-state index contributed by atoms with van der Waals surface area (Å²) in [5.74, 6) is 1.43. The maximum absolute atomic E-state index is 9.61. The predicted octanol–water partition coefficient (Wildman–Crippen LogP) is 4.15. The molecule has 5 heteroatoms. The van der Waals surface area contributed by atoms with Crippen molar-refractivity contribution in [2.24, 2.45) is 0 Å². The molecule has 0 spiro atoms. The van der Waals surface area contributed by atoms with Crippen molar-refractivity contribution in [1.29, 1.82) is 0 Å². The lowest BCUT2D eigenvalue weighted by Crippen LogP contribution is -2.25. The zero-order valence-electron chi connectivity index (χ0n) is 9.96. The van der Waals surface area contributed by atoms with E-state index in [9.17, 15) is 5.11 Å². The van der Waals surface area contributed by atoms with Crippen LogP contribution >= 0.6 is 43.6 Å². The number of nitrogens with one attached hydrogen (secondary N) is 1. The molecular weight excluding hydrogens is 366 g/mol. The first-order valence-electron chi connectivity index (χ1n) is 5.43. The molecule has 1 unspecified atom stereocenters. The number of benzene rings is 1. The number of hydrogen-bond acceptors (Lipinski definition) is 3. The summed E-state index contributed by atoms with van der Waals surface area (Å²) in [5, 5.41) is 13.1. The van der Waals surface area contributed by atoms with Crippen molar-refractivity contribution < 1.29 is 5.11 Å². The van der Waals surface area contributed by atoms with Crippen LogP contribution in [0, 0.1) is 0 Å². The molecule has 0 heterocycles. The lowest BCUT2D eigenvalue weighted by Gasteiger charge is -2.14. The fourth-order valence-electron chi connectivity index (χ4n) is 1.41. The van der Waals surface area contributed by atoms with Gasteiger partial charge in [-0.05, 0) is 74.9 Å². The van der Waals surface area contributed by atoms with Gasteiger partial charge in [0.1, 0.15) is 5.75 Å². The Bertz CT molecular complexity index is 351. The second-order valence-corrected chi connectivity index (χ2v) is 6.67. The lowest BCUT2D eigenvalue weighted by atomic mass is 10.2. The lowest BCUT2D eigenvalue weighted by molar-refractivity contribution is 0.467. The number of aromatic hydroxyl groups is 1. The standard InChI is InChI=1S/C12H17Br2NOS/c1-8(3-4-17-2)15-7-9-5-10(13)12(16)11(14)6-9/h5-6,8,15-16H,3-4,7H2,1-2H3. The van der Waals surface area contributed by atoms with Gasteiger partial charge in [-0.15, -0.1) is 0 Å². The van der Waals surface area contributed by atoms with E-state index < -0.39 is 0 Å². The first kappa shape index (κ1) is 15.3. The second kappa shape index (κ2) is 7.67. The minimum Gasteiger partial charge on any atom is -0.506 e. The summed E-state index contributed by atoms with van der Waals surface area (Å²) in [7, 11) is 0. The molecule has 96 valence electrons. The van der Waals surface area contributed by atoms with Crippen LogP contribution in [0.4, 0.5) is 0 Å². The molecule has 1 aromatic carbocycles. The fourth-order valence-corrected chi connectivity index (χ4v) is 3.28.